The maximum atomic E-state index is 12.7. The fourth-order valence-corrected chi connectivity index (χ4v) is 3.50. The van der Waals surface area contributed by atoms with Crippen LogP contribution in [0.5, 0.6) is 0 Å². The van der Waals surface area contributed by atoms with E-state index in [1.165, 1.54) is 4.90 Å². The summed E-state index contributed by atoms with van der Waals surface area (Å²) >= 11 is 0. The number of imide groups is 1. The van der Waals surface area contributed by atoms with Gasteiger partial charge in [0.15, 0.2) is 0 Å². The number of hydrogen-bond donors (Lipinski definition) is 1. The van der Waals surface area contributed by atoms with Crippen molar-refractivity contribution in [2.45, 2.75) is 39.2 Å². The molecule has 0 fully saturated rings. The Morgan fingerprint density at radius 3 is 2.14 bits per heavy atom. The number of anilines is 1. The van der Waals surface area contributed by atoms with E-state index in [0.29, 0.717) is 11.1 Å². The molecule has 3 rings (SSSR count). The Kier molecular flexibility index (Phi) is 5.84. The minimum Gasteiger partial charge on any atom is -0.369 e. The Bertz CT molecular complexity index is 914. The SMILES string of the molecule is CC(C)c1ccccc1NC(=O)COCC(C)(C)N1C(=O)c2ccccc2C1=O. The van der Waals surface area contributed by atoms with Gasteiger partial charge in [0.05, 0.1) is 23.3 Å². The lowest BCUT2D eigenvalue weighted by Crippen LogP contribution is -2.50. The lowest BCUT2D eigenvalue weighted by Gasteiger charge is -2.33. The molecule has 6 heteroatoms. The van der Waals surface area contributed by atoms with Crippen molar-refractivity contribution in [1.29, 1.82) is 0 Å². The number of carbonyl (C=O) groups excluding carboxylic acids is 3. The lowest BCUT2D eigenvalue weighted by atomic mass is 10.0. The normalized spacial score (nSPS) is 13.8. The van der Waals surface area contributed by atoms with Crippen molar-refractivity contribution in [3.63, 3.8) is 0 Å². The van der Waals surface area contributed by atoms with Crippen molar-refractivity contribution in [3.8, 4) is 0 Å². The Morgan fingerprint density at radius 2 is 1.55 bits per heavy atom. The van der Waals surface area contributed by atoms with E-state index in [-0.39, 0.29) is 36.9 Å². The quantitative estimate of drug-likeness (QED) is 0.724. The zero-order chi connectivity index (χ0) is 21.2. The molecule has 0 spiro atoms. The van der Waals surface area contributed by atoms with Gasteiger partial charge in [0.1, 0.15) is 6.61 Å². The second kappa shape index (κ2) is 8.17. The van der Waals surface area contributed by atoms with Gasteiger partial charge in [-0.15, -0.1) is 0 Å². The van der Waals surface area contributed by atoms with Gasteiger partial charge in [-0.3, -0.25) is 19.3 Å². The van der Waals surface area contributed by atoms with E-state index in [1.54, 1.807) is 38.1 Å². The summed E-state index contributed by atoms with van der Waals surface area (Å²) in [5, 5.41) is 2.87. The van der Waals surface area contributed by atoms with E-state index >= 15 is 0 Å². The van der Waals surface area contributed by atoms with Gasteiger partial charge in [0, 0.05) is 5.69 Å². The number of benzene rings is 2. The molecule has 0 atom stereocenters. The third-order valence-electron chi connectivity index (χ3n) is 4.94. The molecule has 152 valence electrons. The Labute approximate surface area is 170 Å². The van der Waals surface area contributed by atoms with Gasteiger partial charge in [-0.1, -0.05) is 44.2 Å². The Hall–Kier alpha value is -2.99. The molecule has 0 radical (unpaired) electrons. The van der Waals surface area contributed by atoms with Crippen LogP contribution < -0.4 is 5.32 Å². The van der Waals surface area contributed by atoms with Gasteiger partial charge in [0.2, 0.25) is 5.91 Å². The first kappa shape index (κ1) is 20.7. The van der Waals surface area contributed by atoms with Gasteiger partial charge in [-0.25, -0.2) is 0 Å². The predicted molar refractivity (Wildman–Crippen MR) is 111 cm³/mol. The van der Waals surface area contributed by atoms with Crippen LogP contribution in [0, 0.1) is 0 Å². The van der Waals surface area contributed by atoms with Gasteiger partial charge >= 0.3 is 0 Å². The summed E-state index contributed by atoms with van der Waals surface area (Å²) in [5.41, 5.74) is 1.72. The third kappa shape index (κ3) is 4.22. The van der Waals surface area contributed by atoms with Crippen LogP contribution in [0.25, 0.3) is 0 Å². The van der Waals surface area contributed by atoms with E-state index in [1.807, 2.05) is 24.3 Å². The number of fused-ring (bicyclic) bond motifs is 1. The summed E-state index contributed by atoms with van der Waals surface area (Å²) in [6.07, 6.45) is 0. The molecular formula is C23H26N2O4. The van der Waals surface area contributed by atoms with Crippen LogP contribution in [0.3, 0.4) is 0 Å². The zero-order valence-electron chi connectivity index (χ0n) is 17.2. The maximum Gasteiger partial charge on any atom is 0.262 e. The van der Waals surface area contributed by atoms with Crippen molar-refractivity contribution < 1.29 is 19.1 Å². The van der Waals surface area contributed by atoms with Gasteiger partial charge in [-0.2, -0.15) is 0 Å². The molecule has 2 aromatic carbocycles. The van der Waals surface area contributed by atoms with E-state index < -0.39 is 5.54 Å². The van der Waals surface area contributed by atoms with E-state index in [4.69, 9.17) is 4.74 Å². The maximum absolute atomic E-state index is 12.7. The second-order valence-corrected chi connectivity index (χ2v) is 8.09. The van der Waals surface area contributed by atoms with E-state index in [9.17, 15) is 14.4 Å². The summed E-state index contributed by atoms with van der Waals surface area (Å²) in [5.74, 6) is -0.680. The fraction of sp³-hybridized carbons (Fsp3) is 0.348. The highest BCUT2D eigenvalue weighted by atomic mass is 16.5. The number of nitrogens with zero attached hydrogens (tertiary/aromatic N) is 1. The second-order valence-electron chi connectivity index (χ2n) is 8.09. The molecule has 1 aliphatic rings. The van der Waals surface area contributed by atoms with Crippen molar-refractivity contribution in [3.05, 3.63) is 65.2 Å². The molecule has 0 aliphatic carbocycles. The predicted octanol–water partition coefficient (Wildman–Crippen LogP) is 3.84. The van der Waals surface area contributed by atoms with Crippen LogP contribution in [0.2, 0.25) is 0 Å². The van der Waals surface area contributed by atoms with Crippen molar-refractivity contribution in [2.75, 3.05) is 18.5 Å². The minimum absolute atomic E-state index is 0.0533. The number of hydrogen-bond acceptors (Lipinski definition) is 4. The van der Waals surface area contributed by atoms with Gasteiger partial charge < -0.3 is 10.1 Å². The molecule has 2 aromatic rings. The smallest absolute Gasteiger partial charge is 0.262 e. The molecular weight excluding hydrogens is 368 g/mol. The summed E-state index contributed by atoms with van der Waals surface area (Å²) in [4.78, 5) is 38.9. The highest BCUT2D eigenvalue weighted by Gasteiger charge is 2.44. The van der Waals surface area contributed by atoms with Crippen molar-refractivity contribution in [2.24, 2.45) is 0 Å². The monoisotopic (exact) mass is 394 g/mol. The first-order valence-electron chi connectivity index (χ1n) is 9.67. The van der Waals surface area contributed by atoms with Gasteiger partial charge in [-0.05, 0) is 43.5 Å². The Morgan fingerprint density at radius 1 is 1.00 bits per heavy atom. The highest BCUT2D eigenvalue weighted by Crippen LogP contribution is 2.29. The first-order chi connectivity index (χ1) is 13.7. The van der Waals surface area contributed by atoms with Crippen LogP contribution in [0.4, 0.5) is 5.69 Å². The number of nitrogens with one attached hydrogen (secondary N) is 1. The van der Waals surface area contributed by atoms with Crippen LogP contribution in [-0.2, 0) is 9.53 Å². The molecule has 1 heterocycles. The summed E-state index contributed by atoms with van der Waals surface area (Å²) in [6.45, 7) is 7.51. The number of carbonyl (C=O) groups is 3. The molecule has 0 saturated heterocycles. The third-order valence-corrected chi connectivity index (χ3v) is 4.94. The van der Waals surface area contributed by atoms with Crippen LogP contribution in [0.1, 0.15) is 59.9 Å². The summed E-state index contributed by atoms with van der Waals surface area (Å²) in [7, 11) is 0. The van der Waals surface area contributed by atoms with Crippen LogP contribution in [-0.4, -0.2) is 41.4 Å². The molecule has 3 amide bonds. The molecule has 1 N–H and O–H groups in total. The lowest BCUT2D eigenvalue weighted by molar-refractivity contribution is -0.121. The summed E-state index contributed by atoms with van der Waals surface area (Å²) < 4.78 is 5.58. The van der Waals surface area contributed by atoms with Crippen molar-refractivity contribution in [1.82, 2.24) is 4.90 Å². The number of rotatable bonds is 7. The largest absolute Gasteiger partial charge is 0.369 e. The van der Waals surface area contributed by atoms with E-state index in [0.717, 1.165) is 11.3 Å². The standard InChI is InChI=1S/C23H26N2O4/c1-15(2)16-9-7-8-12-19(16)24-20(26)13-29-14-23(3,4)25-21(27)17-10-5-6-11-18(17)22(25)28/h5-12,15H,13-14H2,1-4H3,(H,24,26). The van der Waals surface area contributed by atoms with Crippen LogP contribution >= 0.6 is 0 Å². The topological polar surface area (TPSA) is 75.7 Å². The van der Waals surface area contributed by atoms with Crippen LogP contribution in [0.15, 0.2) is 48.5 Å². The minimum atomic E-state index is -0.886. The molecule has 6 nitrogen and oxygen atoms in total. The zero-order valence-corrected chi connectivity index (χ0v) is 17.2. The van der Waals surface area contributed by atoms with Gasteiger partial charge in [0.25, 0.3) is 11.8 Å². The molecule has 0 saturated carbocycles. The average molecular weight is 394 g/mol. The molecule has 0 bridgehead atoms. The summed E-state index contributed by atoms with van der Waals surface area (Å²) in [6, 6.07) is 14.4. The van der Waals surface area contributed by atoms with Crippen molar-refractivity contribution >= 4 is 23.4 Å². The molecule has 0 unspecified atom stereocenters. The molecule has 0 aromatic heterocycles. The first-order valence-corrected chi connectivity index (χ1v) is 9.67. The number of amides is 3. The van der Waals surface area contributed by atoms with E-state index in [2.05, 4.69) is 19.2 Å². The molecule has 1 aliphatic heterocycles. The number of ether oxygens (including phenoxy) is 1. The number of para-hydroxylation sites is 1. The fourth-order valence-electron chi connectivity index (χ4n) is 3.50. The average Bonchev–Trinajstić information content (AvgIpc) is 2.93. The Balaban J connectivity index is 1.60. The molecule has 29 heavy (non-hydrogen) atoms. The highest BCUT2D eigenvalue weighted by molar-refractivity contribution is 6.21.